The third-order valence-corrected chi connectivity index (χ3v) is 6.21. The van der Waals surface area contributed by atoms with E-state index >= 15 is 0 Å². The summed E-state index contributed by atoms with van der Waals surface area (Å²) in [5.74, 6) is 0.487. The third-order valence-electron chi connectivity index (χ3n) is 5.88. The number of halogens is 1. The van der Waals surface area contributed by atoms with Crippen molar-refractivity contribution in [2.24, 2.45) is 5.92 Å². The number of benzene rings is 2. The maximum Gasteiger partial charge on any atom is 0.249 e. The van der Waals surface area contributed by atoms with Crippen LogP contribution in [0.5, 0.6) is 5.75 Å². The number of hydrogen-bond acceptors (Lipinski definition) is 6. The minimum atomic E-state index is -0.480. The van der Waals surface area contributed by atoms with E-state index in [9.17, 15) is 9.59 Å². The molecule has 1 aliphatic heterocycles. The number of hydrogen-bond donors (Lipinski definition) is 0. The number of ether oxygens (including phenoxy) is 1. The predicted molar refractivity (Wildman–Crippen MR) is 129 cm³/mol. The average molecular weight is 483 g/mol. The number of rotatable bonds is 7. The molecule has 0 saturated carbocycles. The number of methoxy groups -OCH3 is 1. The Morgan fingerprint density at radius 2 is 2.03 bits per heavy atom. The zero-order chi connectivity index (χ0) is 24.4. The van der Waals surface area contributed by atoms with Crippen LogP contribution in [0.25, 0.3) is 11.5 Å². The van der Waals surface area contributed by atoms with Crippen LogP contribution in [0.15, 0.2) is 46.9 Å². The summed E-state index contributed by atoms with van der Waals surface area (Å²) in [5.41, 5.74) is 2.32. The maximum absolute atomic E-state index is 13.5. The van der Waals surface area contributed by atoms with Crippen molar-refractivity contribution in [1.29, 1.82) is 0 Å². The van der Waals surface area contributed by atoms with E-state index in [0.717, 1.165) is 5.56 Å². The summed E-state index contributed by atoms with van der Waals surface area (Å²) in [7, 11) is 1.57. The second-order valence-electron chi connectivity index (χ2n) is 8.62. The lowest BCUT2D eigenvalue weighted by Gasteiger charge is -2.28. The van der Waals surface area contributed by atoms with Crippen LogP contribution in [0, 0.1) is 12.8 Å². The molecule has 8 nitrogen and oxygen atoms in total. The number of aromatic nitrogens is 2. The minimum absolute atomic E-state index is 0.107. The highest BCUT2D eigenvalue weighted by Crippen LogP contribution is 2.35. The van der Waals surface area contributed by atoms with Crippen LogP contribution in [0.1, 0.15) is 31.7 Å². The van der Waals surface area contributed by atoms with E-state index in [2.05, 4.69) is 10.2 Å². The quantitative estimate of drug-likeness (QED) is 0.492. The van der Waals surface area contributed by atoms with Gasteiger partial charge in [-0.1, -0.05) is 29.8 Å². The fourth-order valence-electron chi connectivity index (χ4n) is 4.07. The van der Waals surface area contributed by atoms with Crippen LogP contribution in [0.4, 0.5) is 5.69 Å². The smallest absolute Gasteiger partial charge is 0.249 e. The SMILES string of the molecule is COc1ccc(C)cc1N1CC(C(=O)N(Cc2nnc(-c3ccccc3Cl)o2)C(C)C)CC1=O. The molecular weight excluding hydrogens is 456 g/mol. The van der Waals surface area contributed by atoms with E-state index in [-0.39, 0.29) is 37.4 Å². The van der Waals surface area contributed by atoms with Gasteiger partial charge in [-0.05, 0) is 50.6 Å². The Bertz CT molecular complexity index is 1210. The molecular formula is C25H27ClN4O4. The molecule has 34 heavy (non-hydrogen) atoms. The van der Waals surface area contributed by atoms with Crippen molar-refractivity contribution >= 4 is 29.1 Å². The summed E-state index contributed by atoms with van der Waals surface area (Å²) >= 11 is 6.23. The van der Waals surface area contributed by atoms with Gasteiger partial charge in [0.2, 0.25) is 23.6 Å². The van der Waals surface area contributed by atoms with Crippen molar-refractivity contribution in [3.8, 4) is 17.2 Å². The van der Waals surface area contributed by atoms with Crippen LogP contribution in [-0.2, 0) is 16.1 Å². The van der Waals surface area contributed by atoms with Gasteiger partial charge in [0.15, 0.2) is 0 Å². The Morgan fingerprint density at radius 3 is 2.74 bits per heavy atom. The first-order chi connectivity index (χ1) is 16.3. The van der Waals surface area contributed by atoms with Gasteiger partial charge in [-0.25, -0.2) is 0 Å². The lowest BCUT2D eigenvalue weighted by atomic mass is 10.1. The second-order valence-corrected chi connectivity index (χ2v) is 9.03. The largest absolute Gasteiger partial charge is 0.495 e. The molecule has 0 N–H and O–H groups in total. The molecule has 3 aromatic rings. The van der Waals surface area contributed by atoms with Crippen molar-refractivity contribution < 1.29 is 18.7 Å². The van der Waals surface area contributed by atoms with E-state index in [1.165, 1.54) is 0 Å². The number of amides is 2. The normalized spacial score (nSPS) is 15.8. The van der Waals surface area contributed by atoms with Crippen molar-refractivity contribution in [1.82, 2.24) is 15.1 Å². The molecule has 4 rings (SSSR count). The lowest BCUT2D eigenvalue weighted by Crippen LogP contribution is -2.41. The molecule has 0 aliphatic carbocycles. The Balaban J connectivity index is 1.52. The number of aryl methyl sites for hydroxylation is 1. The monoisotopic (exact) mass is 482 g/mol. The van der Waals surface area contributed by atoms with Gasteiger partial charge in [-0.2, -0.15) is 0 Å². The number of anilines is 1. The molecule has 1 unspecified atom stereocenters. The molecule has 0 bridgehead atoms. The van der Waals surface area contributed by atoms with Crippen LogP contribution in [0.2, 0.25) is 5.02 Å². The fraction of sp³-hybridized carbons (Fsp3) is 0.360. The van der Waals surface area contributed by atoms with Crippen LogP contribution >= 0.6 is 11.6 Å². The lowest BCUT2D eigenvalue weighted by molar-refractivity contribution is -0.138. The molecule has 1 fully saturated rings. The van der Waals surface area contributed by atoms with E-state index in [1.807, 2.05) is 51.1 Å². The number of carbonyl (C=O) groups excluding carboxylic acids is 2. The second kappa shape index (κ2) is 9.85. The summed E-state index contributed by atoms with van der Waals surface area (Å²) in [5, 5.41) is 8.71. The van der Waals surface area contributed by atoms with Gasteiger partial charge < -0.3 is 19.0 Å². The van der Waals surface area contributed by atoms with Gasteiger partial charge >= 0.3 is 0 Å². The Morgan fingerprint density at radius 1 is 1.26 bits per heavy atom. The van der Waals surface area contributed by atoms with Crippen molar-refractivity contribution in [3.05, 3.63) is 58.9 Å². The molecule has 2 amide bonds. The Kier molecular flexibility index (Phi) is 6.88. The van der Waals surface area contributed by atoms with Crippen LogP contribution in [-0.4, -0.2) is 46.6 Å². The first-order valence-corrected chi connectivity index (χ1v) is 11.5. The maximum atomic E-state index is 13.5. The number of carbonyl (C=O) groups is 2. The zero-order valence-corrected chi connectivity index (χ0v) is 20.4. The molecule has 1 aromatic heterocycles. The molecule has 0 spiro atoms. The van der Waals surface area contributed by atoms with Crippen molar-refractivity contribution in [3.63, 3.8) is 0 Å². The van der Waals surface area contributed by atoms with Crippen molar-refractivity contribution in [2.75, 3.05) is 18.6 Å². The molecule has 1 atom stereocenters. The fourth-order valence-corrected chi connectivity index (χ4v) is 4.29. The van der Waals surface area contributed by atoms with Gasteiger partial charge in [0.05, 0.1) is 35.8 Å². The van der Waals surface area contributed by atoms with Gasteiger partial charge in [0.25, 0.3) is 0 Å². The zero-order valence-electron chi connectivity index (χ0n) is 19.6. The molecule has 0 radical (unpaired) electrons. The first kappa shape index (κ1) is 23.8. The van der Waals surface area contributed by atoms with Gasteiger partial charge in [0, 0.05) is 19.0 Å². The minimum Gasteiger partial charge on any atom is -0.495 e. The topological polar surface area (TPSA) is 88.8 Å². The highest BCUT2D eigenvalue weighted by Gasteiger charge is 2.39. The summed E-state index contributed by atoms with van der Waals surface area (Å²) in [6, 6.07) is 12.7. The summed E-state index contributed by atoms with van der Waals surface area (Å²) in [4.78, 5) is 29.6. The third kappa shape index (κ3) is 4.77. The van der Waals surface area contributed by atoms with Gasteiger partial charge in [0.1, 0.15) is 5.75 Å². The summed E-state index contributed by atoms with van der Waals surface area (Å²) in [6.45, 7) is 6.22. The van der Waals surface area contributed by atoms with E-state index < -0.39 is 5.92 Å². The Labute approximate surface area is 203 Å². The first-order valence-electron chi connectivity index (χ1n) is 11.1. The van der Waals surface area contributed by atoms with E-state index in [1.54, 1.807) is 29.0 Å². The molecule has 9 heteroatoms. The molecule has 2 heterocycles. The number of nitrogens with zero attached hydrogens (tertiary/aromatic N) is 4. The average Bonchev–Trinajstić information content (AvgIpc) is 3.43. The van der Waals surface area contributed by atoms with Crippen LogP contribution < -0.4 is 9.64 Å². The Hall–Kier alpha value is -3.39. The van der Waals surface area contributed by atoms with E-state index in [0.29, 0.717) is 33.8 Å². The summed E-state index contributed by atoms with van der Waals surface area (Å²) in [6.07, 6.45) is 0.133. The van der Waals surface area contributed by atoms with Crippen LogP contribution in [0.3, 0.4) is 0 Å². The van der Waals surface area contributed by atoms with Crippen molar-refractivity contribution in [2.45, 2.75) is 39.8 Å². The highest BCUT2D eigenvalue weighted by molar-refractivity contribution is 6.33. The molecule has 1 aliphatic rings. The summed E-state index contributed by atoms with van der Waals surface area (Å²) < 4.78 is 11.2. The van der Waals surface area contributed by atoms with Gasteiger partial charge in [-0.3, -0.25) is 9.59 Å². The molecule has 178 valence electrons. The van der Waals surface area contributed by atoms with Gasteiger partial charge in [-0.15, -0.1) is 10.2 Å². The standard InChI is InChI=1S/C25H27ClN4O4/c1-15(2)29(14-22-27-28-24(34-22)18-7-5-6-8-19(18)26)25(32)17-12-23(31)30(13-17)20-11-16(3)9-10-21(20)33-4/h5-11,15,17H,12-14H2,1-4H3. The highest BCUT2D eigenvalue weighted by atomic mass is 35.5. The van der Waals surface area contributed by atoms with E-state index in [4.69, 9.17) is 20.8 Å². The molecule has 2 aromatic carbocycles. The predicted octanol–water partition coefficient (Wildman–Crippen LogP) is 4.50. The molecule has 1 saturated heterocycles.